The number of imide groups is 1. The predicted octanol–water partition coefficient (Wildman–Crippen LogP) is 16.4. The van der Waals surface area contributed by atoms with Crippen molar-refractivity contribution in [2.75, 3.05) is 48.5 Å². The molecule has 0 N–H and O–H groups in total. The summed E-state index contributed by atoms with van der Waals surface area (Å²) in [6, 6.07) is 58.4. The molecule has 0 radical (unpaired) electrons. The first-order chi connectivity index (χ1) is 66.2. The zero-order valence-corrected chi connectivity index (χ0v) is 86.1. The fraction of sp³-hybridized carbons (Fsp3) is 0.437. The van der Waals surface area contributed by atoms with Crippen molar-refractivity contribution >= 4 is 175 Å². The largest absolute Gasteiger partial charge is 0.741 e. The van der Waals surface area contributed by atoms with E-state index in [1.807, 2.05) is 24.3 Å². The summed E-state index contributed by atoms with van der Waals surface area (Å²) in [4.78, 5) is 64.6. The quantitative estimate of drug-likeness (QED) is 0.0146. The van der Waals surface area contributed by atoms with Gasteiger partial charge in [-0.15, -0.1) is 9.35 Å². The summed E-state index contributed by atoms with van der Waals surface area (Å²) in [5.41, 5.74) is -27.7. The van der Waals surface area contributed by atoms with Crippen molar-refractivity contribution in [2.45, 2.75) is 185 Å². The number of fused-ring (bicyclic) bond motifs is 3. The second-order valence-electron chi connectivity index (χ2n) is 32.3. The zero-order chi connectivity index (χ0) is 109. The van der Waals surface area contributed by atoms with Crippen LogP contribution in [-0.4, -0.2) is 217 Å². The Morgan fingerprint density at radius 1 is 0.396 bits per heavy atom. The zero-order valence-electron chi connectivity index (χ0n) is 76.3. The molecule has 144 heavy (non-hydrogen) atoms. The van der Waals surface area contributed by atoms with E-state index in [4.69, 9.17) is 51.9 Å². The number of ketones is 3. The van der Waals surface area contributed by atoms with Crippen molar-refractivity contribution in [3.63, 3.8) is 0 Å². The number of nitrogens with zero attached hydrogens (tertiary/aromatic N) is 1. The third kappa shape index (κ3) is 39.3. The van der Waals surface area contributed by atoms with Crippen molar-refractivity contribution in [1.29, 1.82) is 0 Å². The molecule has 5 aliphatic carbocycles. The molecule has 7 aliphatic rings. The molecule has 800 valence electrons. The molecule has 5 saturated carbocycles. The van der Waals surface area contributed by atoms with Crippen LogP contribution in [0.3, 0.4) is 0 Å². The van der Waals surface area contributed by atoms with Crippen molar-refractivity contribution in [3.8, 4) is 17.2 Å². The average Bonchev–Trinajstić information content (AvgIpc) is 0.940. The highest BCUT2D eigenvalue weighted by atomic mass is 32.3. The van der Waals surface area contributed by atoms with Crippen LogP contribution in [0.4, 0.5) is 65.9 Å². The summed E-state index contributed by atoms with van der Waals surface area (Å²) >= 11 is 0. The average molecular weight is 2290 g/mol. The summed E-state index contributed by atoms with van der Waals surface area (Å²) in [6.45, 7) is 0. The molecule has 2 aliphatic heterocycles. The summed E-state index contributed by atoms with van der Waals surface area (Å²) in [5.74, 6) is 2.51. The standard InChI is InChI=1S/C18H15S.C16H17OS.C14H23OS.C13H6F3NO5S.C13H23OS.C9H12O9S3.4CHF3O3S/c1-4-10-16(11-5-1)19(17-12-6-2-7-13-17)18-14-8-3-9-15-18;17-16(12-18-9-3-4-10-18)15-8-7-13-5-1-2-6-14(13)11-15;1-16(13-5-3-2-4-12(13)15)14-9-10-6-7-11(14)8-10;14-13(15,16)23(20,21)22-17-11(18)8-5-1-3-7-4-2-6-9(10(7)8)12(17)19;1-15(11-7-3-2-4-8-11)13-10-6-5-9-12(13)14;1-19(10,11)16-7-5-4-6-8(17-20(2,12)13)9(7)18-21(3,14)15;4*2-1(3,4)8(5,6)7/h1-15H;1-2,5-8,11H,3-4,9-10,12H2;10-11,13-14H,2-9H2,1H3;1-6H;11,13H,2-10H2,1H3;4-6H,1-3H3;4*(H,5,6,7)/q3*+1;;+1;;;;;/p-4. The third-order valence-electron chi connectivity index (χ3n) is 21.6. The summed E-state index contributed by atoms with van der Waals surface area (Å²) in [6.07, 6.45) is 31.5. The number of alkyl halides is 15. The van der Waals surface area contributed by atoms with Gasteiger partial charge in [-0.25, -0.2) is 33.7 Å². The van der Waals surface area contributed by atoms with Gasteiger partial charge in [0.05, 0.1) is 53.3 Å². The highest BCUT2D eigenvalue weighted by Crippen LogP contribution is 2.49. The number of hydrogen-bond donors (Lipinski definition) is 0. The van der Waals surface area contributed by atoms with Crippen molar-refractivity contribution in [2.24, 2.45) is 11.8 Å². The van der Waals surface area contributed by atoms with Crippen LogP contribution in [0.15, 0.2) is 203 Å². The molecule has 30 nitrogen and oxygen atoms in total. The van der Waals surface area contributed by atoms with Gasteiger partial charge >= 0.3 is 68.0 Å². The molecule has 2 bridgehead atoms. The SMILES string of the molecule is CS(=O)(=O)Oc1cccc(OS(C)(=O)=O)c1OS(C)(=O)=O.C[S+](C1CCCCC1)C1CCCCC1=O.C[S+](C1CCCCC1=O)C1CC2CCC1C2.O=C(C[S+]1CCCC1)c1ccc2ccccc2c1.O=C1c2cccc3cccc(c23)C(=O)N1OS(=O)(=O)C(F)(F)F.O=S(=O)([O-])C(F)(F)F.O=S(=O)([O-])C(F)(F)F.O=S(=O)([O-])C(F)(F)F.O=S(=O)([O-])C(F)(F)F.c1ccc([S+](c2ccccc2)c2ccccc2)cc1. The van der Waals surface area contributed by atoms with E-state index in [0.29, 0.717) is 72.2 Å². The van der Waals surface area contributed by atoms with Crippen molar-refractivity contribution < 1.29 is 192 Å². The number of carbonyl (C=O) groups is 5. The van der Waals surface area contributed by atoms with Gasteiger partial charge in [0.2, 0.25) is 11.5 Å². The molecular weight excluding hydrogens is 2190 g/mol. The highest BCUT2D eigenvalue weighted by molar-refractivity contribution is 7.99. The molecule has 15 rings (SSSR count). The molecule has 8 aromatic rings. The molecule has 6 fully saturated rings. The fourth-order valence-corrected chi connectivity index (χ4v) is 26.9. The number of halogens is 15. The van der Waals surface area contributed by atoms with Crippen LogP contribution in [-0.2, 0) is 138 Å². The molecule has 7 unspecified atom stereocenters. The van der Waals surface area contributed by atoms with Crippen LogP contribution < -0.4 is 12.5 Å². The first kappa shape index (κ1) is 124. The molecule has 2 heterocycles. The van der Waals surface area contributed by atoms with Crippen LogP contribution in [0.2, 0.25) is 0 Å². The Hall–Kier alpha value is -8.42. The van der Waals surface area contributed by atoms with Crippen LogP contribution in [0, 0.1) is 11.8 Å². The number of para-hydroxylation sites is 1. The van der Waals surface area contributed by atoms with Gasteiger partial charge in [0, 0.05) is 42.6 Å². The lowest BCUT2D eigenvalue weighted by Gasteiger charge is -2.27. The van der Waals surface area contributed by atoms with Gasteiger partial charge in [-0.05, 0) is 211 Å². The van der Waals surface area contributed by atoms with Gasteiger partial charge in [-0.2, -0.15) is 99.5 Å². The van der Waals surface area contributed by atoms with Gasteiger partial charge in [-0.1, -0.05) is 128 Å². The number of benzene rings is 8. The van der Waals surface area contributed by atoms with E-state index in [-0.39, 0.29) is 32.5 Å². The summed E-state index contributed by atoms with van der Waals surface area (Å²) in [7, 11) is -41.5. The number of hydrogen-bond acceptors (Lipinski definition) is 29. The monoisotopic (exact) mass is 2290 g/mol. The lowest BCUT2D eigenvalue weighted by molar-refractivity contribution is -0.120. The van der Waals surface area contributed by atoms with E-state index >= 15 is 0 Å². The van der Waals surface area contributed by atoms with Gasteiger partial charge in [0.15, 0.2) is 94.5 Å². The Labute approximate surface area is 833 Å². The Morgan fingerprint density at radius 2 is 0.757 bits per heavy atom. The molecule has 7 atom stereocenters. The van der Waals surface area contributed by atoms with Crippen molar-refractivity contribution in [3.05, 3.63) is 205 Å². The van der Waals surface area contributed by atoms with Crippen LogP contribution in [0.25, 0.3) is 21.5 Å². The number of carbonyl (C=O) groups excluding carboxylic acids is 5. The van der Waals surface area contributed by atoms with Crippen LogP contribution >= 0.6 is 0 Å². The molecule has 57 heteroatoms. The summed E-state index contributed by atoms with van der Waals surface area (Å²) < 4.78 is 379. The maximum Gasteiger partial charge on any atom is 0.525 e. The second kappa shape index (κ2) is 52.6. The van der Waals surface area contributed by atoms with E-state index in [1.165, 1.54) is 158 Å². The molecule has 2 amide bonds. The predicted molar refractivity (Wildman–Crippen MR) is 505 cm³/mol. The van der Waals surface area contributed by atoms with Gasteiger partial charge < -0.3 is 30.8 Å². The Morgan fingerprint density at radius 3 is 1.11 bits per heavy atom. The van der Waals surface area contributed by atoms with Gasteiger partial charge in [0.25, 0.3) is 11.8 Å². The molecule has 0 aromatic heterocycles. The lowest BCUT2D eigenvalue weighted by Crippen LogP contribution is -2.44. The molecule has 1 saturated heterocycles. The first-order valence-electron chi connectivity index (χ1n) is 42.4. The maximum atomic E-state index is 12.4. The van der Waals surface area contributed by atoms with E-state index in [2.05, 4.69) is 139 Å². The molecule has 0 spiro atoms. The number of amides is 2. The normalized spacial score (nSPS) is 19.1. The Bertz CT molecular complexity index is 6330. The second-order valence-corrected chi connectivity index (χ2v) is 53.3. The van der Waals surface area contributed by atoms with Crippen molar-refractivity contribution in [1.82, 2.24) is 5.06 Å². The van der Waals surface area contributed by atoms with E-state index in [0.717, 1.165) is 89.4 Å². The maximum absolute atomic E-state index is 12.4. The molecule has 8 aromatic carbocycles. The number of Topliss-reactive ketones (excluding diaryl/α,β-unsaturated/α-hetero) is 3. The van der Waals surface area contributed by atoms with Crippen LogP contribution in [0.5, 0.6) is 17.2 Å². The third-order valence-corrected chi connectivity index (χ3v) is 36.7. The topological polar surface area (TPSA) is 491 Å². The first-order valence-corrected chi connectivity index (χ1v) is 61.4. The Balaban J connectivity index is 0.000000250. The Kier molecular flexibility index (Phi) is 45.4. The fourth-order valence-electron chi connectivity index (χ4n) is 15.2. The van der Waals surface area contributed by atoms with E-state index in [9.17, 15) is 124 Å². The van der Waals surface area contributed by atoms with Gasteiger partial charge in [-0.3, -0.25) is 24.0 Å². The van der Waals surface area contributed by atoms with E-state index in [1.54, 1.807) is 12.1 Å². The minimum Gasteiger partial charge on any atom is -0.741 e. The number of hydroxylamine groups is 2. The molecular formula is C87H96F15NO29S12. The van der Waals surface area contributed by atoms with Crippen LogP contribution in [0.1, 0.15) is 153 Å². The lowest BCUT2D eigenvalue weighted by atomic mass is 9.95. The number of rotatable bonds is 18. The minimum absolute atomic E-state index is 0.0146. The van der Waals surface area contributed by atoms with E-state index < -0.39 is 138 Å². The smallest absolute Gasteiger partial charge is 0.525 e. The minimum atomic E-state index is -6.15. The highest BCUT2D eigenvalue weighted by Gasteiger charge is 2.54. The van der Waals surface area contributed by atoms with Gasteiger partial charge in [0.1, 0.15) is 22.0 Å². The summed E-state index contributed by atoms with van der Waals surface area (Å²) in [5, 5.41) is 5.43.